The summed E-state index contributed by atoms with van der Waals surface area (Å²) in [5.41, 5.74) is 0. The fourth-order valence-electron chi connectivity index (χ4n) is 2.34. The van der Waals surface area contributed by atoms with Crippen LogP contribution in [0.2, 0.25) is 0 Å². The first-order valence-electron chi connectivity index (χ1n) is 6.91. The quantitative estimate of drug-likeness (QED) is 0.678. The SMILES string of the molecule is CCCOC1CCCN(CCC(NC)C(=O)O)C1. The molecular formula is C13H26N2O3. The zero-order chi connectivity index (χ0) is 13.4. The van der Waals surface area contributed by atoms with Gasteiger partial charge in [0, 0.05) is 19.7 Å². The van der Waals surface area contributed by atoms with Gasteiger partial charge in [0.05, 0.1) is 6.10 Å². The molecule has 18 heavy (non-hydrogen) atoms. The average Bonchev–Trinajstić information content (AvgIpc) is 2.37. The van der Waals surface area contributed by atoms with E-state index in [2.05, 4.69) is 17.1 Å². The maximum atomic E-state index is 10.9. The first-order valence-corrected chi connectivity index (χ1v) is 6.91. The van der Waals surface area contributed by atoms with Crippen LogP contribution >= 0.6 is 0 Å². The van der Waals surface area contributed by atoms with Crippen LogP contribution < -0.4 is 5.32 Å². The average molecular weight is 258 g/mol. The number of nitrogens with zero attached hydrogens (tertiary/aromatic N) is 1. The number of carboxylic acids is 1. The Labute approximate surface area is 109 Å². The topological polar surface area (TPSA) is 61.8 Å². The molecule has 5 nitrogen and oxygen atoms in total. The smallest absolute Gasteiger partial charge is 0.320 e. The lowest BCUT2D eigenvalue weighted by atomic mass is 10.1. The fourth-order valence-corrected chi connectivity index (χ4v) is 2.34. The molecule has 1 saturated heterocycles. The van der Waals surface area contributed by atoms with Crippen molar-refractivity contribution in [3.05, 3.63) is 0 Å². The molecule has 0 bridgehead atoms. The largest absolute Gasteiger partial charge is 0.480 e. The summed E-state index contributed by atoms with van der Waals surface area (Å²) in [7, 11) is 1.70. The van der Waals surface area contributed by atoms with Crippen LogP contribution in [0.15, 0.2) is 0 Å². The maximum Gasteiger partial charge on any atom is 0.320 e. The Balaban J connectivity index is 2.27. The van der Waals surface area contributed by atoms with Crippen LogP contribution in [0.1, 0.15) is 32.6 Å². The van der Waals surface area contributed by atoms with Crippen molar-refractivity contribution in [1.29, 1.82) is 0 Å². The lowest BCUT2D eigenvalue weighted by Gasteiger charge is -2.33. The Morgan fingerprint density at radius 2 is 2.39 bits per heavy atom. The molecule has 1 rings (SSSR count). The molecule has 2 unspecified atom stereocenters. The number of rotatable bonds is 8. The molecule has 5 heteroatoms. The molecule has 1 fully saturated rings. The van der Waals surface area contributed by atoms with Gasteiger partial charge in [-0.2, -0.15) is 0 Å². The van der Waals surface area contributed by atoms with Gasteiger partial charge in [0.2, 0.25) is 0 Å². The van der Waals surface area contributed by atoms with Crippen LogP contribution in [-0.4, -0.2) is 61.4 Å². The number of carbonyl (C=O) groups is 1. The number of hydrogen-bond acceptors (Lipinski definition) is 4. The number of nitrogens with one attached hydrogen (secondary N) is 1. The van der Waals surface area contributed by atoms with Gasteiger partial charge in [-0.3, -0.25) is 4.79 Å². The molecule has 0 aromatic carbocycles. The van der Waals surface area contributed by atoms with Crippen molar-refractivity contribution in [3.8, 4) is 0 Å². The minimum Gasteiger partial charge on any atom is -0.480 e. The van der Waals surface area contributed by atoms with Crippen molar-refractivity contribution >= 4 is 5.97 Å². The summed E-state index contributed by atoms with van der Waals surface area (Å²) in [6.07, 6.45) is 4.30. The summed E-state index contributed by atoms with van der Waals surface area (Å²) in [5.74, 6) is -0.770. The first-order chi connectivity index (χ1) is 8.67. The van der Waals surface area contributed by atoms with Gasteiger partial charge in [-0.15, -0.1) is 0 Å². The summed E-state index contributed by atoms with van der Waals surface area (Å²) in [6, 6.07) is -0.443. The molecule has 0 saturated carbocycles. The van der Waals surface area contributed by atoms with E-state index in [1.54, 1.807) is 7.05 Å². The van der Waals surface area contributed by atoms with Crippen molar-refractivity contribution in [1.82, 2.24) is 10.2 Å². The standard InChI is InChI=1S/C13H26N2O3/c1-3-9-18-11-5-4-7-15(10-11)8-6-12(14-2)13(16)17/h11-12,14H,3-10H2,1-2H3,(H,16,17). The van der Waals surface area contributed by atoms with E-state index in [-0.39, 0.29) is 0 Å². The van der Waals surface area contributed by atoms with Crippen LogP contribution in [0.3, 0.4) is 0 Å². The summed E-state index contributed by atoms with van der Waals surface area (Å²) < 4.78 is 5.77. The highest BCUT2D eigenvalue weighted by Crippen LogP contribution is 2.14. The molecule has 2 atom stereocenters. The molecule has 2 N–H and O–H groups in total. The number of carboxylic acid groups (broad SMARTS) is 1. The molecule has 0 aromatic heterocycles. The van der Waals surface area contributed by atoms with Crippen LogP contribution in [0.5, 0.6) is 0 Å². The van der Waals surface area contributed by atoms with Gasteiger partial charge in [0.1, 0.15) is 6.04 Å². The minimum absolute atomic E-state index is 0.330. The second kappa shape index (κ2) is 8.45. The number of hydrogen-bond donors (Lipinski definition) is 2. The highest BCUT2D eigenvalue weighted by molar-refractivity contribution is 5.73. The molecule has 1 heterocycles. The van der Waals surface area contributed by atoms with Crippen LogP contribution in [0.4, 0.5) is 0 Å². The summed E-state index contributed by atoms with van der Waals surface area (Å²) in [6.45, 7) is 5.76. The van der Waals surface area contributed by atoms with Gasteiger partial charge in [0.15, 0.2) is 0 Å². The molecule has 0 aliphatic carbocycles. The van der Waals surface area contributed by atoms with E-state index in [0.29, 0.717) is 12.5 Å². The van der Waals surface area contributed by atoms with E-state index in [1.165, 1.54) is 0 Å². The first kappa shape index (κ1) is 15.4. The van der Waals surface area contributed by atoms with Crippen LogP contribution in [-0.2, 0) is 9.53 Å². The molecule has 106 valence electrons. The Morgan fingerprint density at radius 3 is 3.00 bits per heavy atom. The van der Waals surface area contributed by atoms with Crippen molar-refractivity contribution < 1.29 is 14.6 Å². The predicted molar refractivity (Wildman–Crippen MR) is 70.8 cm³/mol. The Morgan fingerprint density at radius 1 is 1.61 bits per heavy atom. The van der Waals surface area contributed by atoms with Gasteiger partial charge in [-0.05, 0) is 39.3 Å². The third kappa shape index (κ3) is 5.33. The van der Waals surface area contributed by atoms with Gasteiger partial charge >= 0.3 is 5.97 Å². The number of ether oxygens (including phenoxy) is 1. The Bertz CT molecular complexity index is 248. The van der Waals surface area contributed by atoms with Crippen molar-refractivity contribution in [3.63, 3.8) is 0 Å². The second-order valence-electron chi connectivity index (χ2n) is 4.90. The van der Waals surface area contributed by atoms with Gasteiger partial charge in [-0.1, -0.05) is 6.92 Å². The Hall–Kier alpha value is -0.650. The fraction of sp³-hybridized carbons (Fsp3) is 0.923. The Kier molecular flexibility index (Phi) is 7.23. The number of likely N-dealkylation sites (N-methyl/N-ethyl adjacent to an activating group) is 1. The third-order valence-corrected chi connectivity index (χ3v) is 3.40. The highest BCUT2D eigenvalue weighted by Gasteiger charge is 2.22. The summed E-state index contributed by atoms with van der Waals surface area (Å²) >= 11 is 0. The molecule has 1 aliphatic rings. The van der Waals surface area contributed by atoms with Crippen LogP contribution in [0, 0.1) is 0 Å². The molecule has 0 aromatic rings. The lowest BCUT2D eigenvalue weighted by molar-refractivity contribution is -0.139. The maximum absolute atomic E-state index is 10.9. The monoisotopic (exact) mass is 258 g/mol. The van der Waals surface area contributed by atoms with Crippen LogP contribution in [0.25, 0.3) is 0 Å². The van der Waals surface area contributed by atoms with E-state index >= 15 is 0 Å². The minimum atomic E-state index is -0.770. The zero-order valence-electron chi connectivity index (χ0n) is 11.5. The molecule has 0 radical (unpaired) electrons. The van der Waals surface area contributed by atoms with E-state index in [4.69, 9.17) is 9.84 Å². The van der Waals surface area contributed by atoms with E-state index in [9.17, 15) is 4.79 Å². The van der Waals surface area contributed by atoms with Gasteiger partial charge in [-0.25, -0.2) is 0 Å². The van der Waals surface area contributed by atoms with E-state index in [1.807, 2.05) is 0 Å². The van der Waals surface area contributed by atoms with Crippen molar-refractivity contribution in [2.75, 3.05) is 33.3 Å². The molecule has 1 aliphatic heterocycles. The molecule has 0 amide bonds. The summed E-state index contributed by atoms with van der Waals surface area (Å²) in [4.78, 5) is 13.2. The second-order valence-corrected chi connectivity index (χ2v) is 4.90. The number of aliphatic carboxylic acids is 1. The van der Waals surface area contributed by atoms with E-state index in [0.717, 1.165) is 45.5 Å². The van der Waals surface area contributed by atoms with E-state index < -0.39 is 12.0 Å². The molecular weight excluding hydrogens is 232 g/mol. The predicted octanol–water partition coefficient (Wildman–Crippen LogP) is 0.940. The van der Waals surface area contributed by atoms with Gasteiger partial charge < -0.3 is 20.1 Å². The number of likely N-dealkylation sites (tertiary alicyclic amines) is 1. The third-order valence-electron chi connectivity index (χ3n) is 3.40. The molecule has 0 spiro atoms. The normalized spacial score (nSPS) is 22.9. The lowest BCUT2D eigenvalue weighted by Crippen LogP contribution is -2.43. The highest BCUT2D eigenvalue weighted by atomic mass is 16.5. The summed E-state index contributed by atoms with van der Waals surface area (Å²) in [5, 5.41) is 11.8. The van der Waals surface area contributed by atoms with Crippen molar-refractivity contribution in [2.45, 2.75) is 44.8 Å². The number of piperidine rings is 1. The van der Waals surface area contributed by atoms with Gasteiger partial charge in [0.25, 0.3) is 0 Å². The van der Waals surface area contributed by atoms with Crippen molar-refractivity contribution in [2.24, 2.45) is 0 Å². The zero-order valence-corrected chi connectivity index (χ0v) is 11.5.